The number of carbonyl (C=O) groups excluding carboxylic acids is 2. The van der Waals surface area contributed by atoms with Crippen molar-refractivity contribution in [2.75, 3.05) is 11.9 Å². The second-order valence-electron chi connectivity index (χ2n) is 8.44. The summed E-state index contributed by atoms with van der Waals surface area (Å²) in [5, 5.41) is 3.60. The van der Waals surface area contributed by atoms with Crippen molar-refractivity contribution in [1.29, 1.82) is 0 Å². The number of amides is 1. The van der Waals surface area contributed by atoms with Gasteiger partial charge >= 0.3 is 5.63 Å². The fourth-order valence-electron chi connectivity index (χ4n) is 3.64. The zero-order chi connectivity index (χ0) is 24.1. The number of nitrogens with one attached hydrogen (secondary N) is 1. The van der Waals surface area contributed by atoms with Crippen LogP contribution in [0.5, 0.6) is 5.75 Å². The first-order chi connectivity index (χ1) is 16.4. The van der Waals surface area contributed by atoms with Crippen molar-refractivity contribution in [2.45, 2.75) is 20.3 Å². The van der Waals surface area contributed by atoms with Crippen LogP contribution in [0.3, 0.4) is 0 Å². The Bertz CT molecular complexity index is 1370. The van der Waals surface area contributed by atoms with E-state index in [0.717, 1.165) is 16.5 Å². The number of hydrogen-bond donors (Lipinski definition) is 1. The minimum absolute atomic E-state index is 0.0595. The molecule has 0 spiro atoms. The molecule has 0 saturated carbocycles. The number of Topliss-reactive ketones (excluding diaryl/α,β-unsaturated/α-hetero) is 1. The van der Waals surface area contributed by atoms with Crippen molar-refractivity contribution in [3.63, 3.8) is 0 Å². The standard InChI is InChI=1S/C28H25NO5/c1-18(2)14-27(31)29-21-10-8-20(9-11-21)25(30)17-33-22-12-13-23-24(19-6-4-3-5-7-19)16-28(32)34-26(23)15-22/h3-13,15-16,18H,14,17H2,1-2H3,(H,29,31). The maximum absolute atomic E-state index is 12.6. The van der Waals surface area contributed by atoms with Gasteiger partial charge in [0.15, 0.2) is 12.4 Å². The summed E-state index contributed by atoms with van der Waals surface area (Å²) in [7, 11) is 0. The lowest BCUT2D eigenvalue weighted by molar-refractivity contribution is -0.116. The van der Waals surface area contributed by atoms with Crippen LogP contribution in [0.1, 0.15) is 30.6 Å². The third kappa shape index (κ3) is 5.59. The lowest BCUT2D eigenvalue weighted by Gasteiger charge is -2.10. The predicted octanol–water partition coefficient (Wildman–Crippen LogP) is 5.71. The number of ether oxygens (including phenoxy) is 1. The minimum atomic E-state index is -0.458. The summed E-state index contributed by atoms with van der Waals surface area (Å²) in [5.74, 6) is 0.424. The molecule has 1 heterocycles. The Morgan fingerprint density at radius 2 is 1.68 bits per heavy atom. The van der Waals surface area contributed by atoms with E-state index >= 15 is 0 Å². The summed E-state index contributed by atoms with van der Waals surface area (Å²) in [6, 6.07) is 22.9. The molecular weight excluding hydrogens is 430 g/mol. The quantitative estimate of drug-likeness (QED) is 0.272. The van der Waals surface area contributed by atoms with Gasteiger partial charge < -0.3 is 14.5 Å². The van der Waals surface area contributed by atoms with E-state index in [1.807, 2.05) is 50.2 Å². The van der Waals surface area contributed by atoms with E-state index in [-0.39, 0.29) is 24.2 Å². The van der Waals surface area contributed by atoms with Gasteiger partial charge in [-0.1, -0.05) is 44.2 Å². The van der Waals surface area contributed by atoms with Crippen LogP contribution < -0.4 is 15.7 Å². The maximum atomic E-state index is 12.6. The first-order valence-corrected chi connectivity index (χ1v) is 11.1. The second-order valence-corrected chi connectivity index (χ2v) is 8.44. The molecule has 4 rings (SSSR count). The van der Waals surface area contributed by atoms with Crippen LogP contribution in [-0.4, -0.2) is 18.3 Å². The highest BCUT2D eigenvalue weighted by Crippen LogP contribution is 2.29. The summed E-state index contributed by atoms with van der Waals surface area (Å²) in [6.45, 7) is 3.78. The summed E-state index contributed by atoms with van der Waals surface area (Å²) in [5.41, 5.74) is 2.73. The Kier molecular flexibility index (Phi) is 6.87. The largest absolute Gasteiger partial charge is 0.485 e. The molecule has 4 aromatic rings. The van der Waals surface area contributed by atoms with Gasteiger partial charge in [-0.2, -0.15) is 0 Å². The molecule has 6 heteroatoms. The molecule has 0 atom stereocenters. The van der Waals surface area contributed by atoms with Crippen LogP contribution in [0.4, 0.5) is 5.69 Å². The second kappa shape index (κ2) is 10.2. The van der Waals surface area contributed by atoms with Crippen molar-refractivity contribution in [3.05, 3.63) is 94.8 Å². The summed E-state index contributed by atoms with van der Waals surface area (Å²) in [6.07, 6.45) is 0.438. The molecule has 172 valence electrons. The predicted molar refractivity (Wildman–Crippen MR) is 132 cm³/mol. The fourth-order valence-corrected chi connectivity index (χ4v) is 3.64. The number of benzene rings is 3. The normalized spacial score (nSPS) is 10.9. The van der Waals surface area contributed by atoms with Crippen LogP contribution in [0.2, 0.25) is 0 Å². The van der Waals surface area contributed by atoms with Crippen molar-refractivity contribution in [1.82, 2.24) is 0 Å². The molecule has 1 aromatic heterocycles. The van der Waals surface area contributed by atoms with Crippen LogP contribution in [0, 0.1) is 5.92 Å². The molecule has 6 nitrogen and oxygen atoms in total. The first kappa shape index (κ1) is 23.0. The van der Waals surface area contributed by atoms with E-state index in [0.29, 0.717) is 29.0 Å². The molecule has 0 aliphatic heterocycles. The lowest BCUT2D eigenvalue weighted by atomic mass is 10.0. The van der Waals surface area contributed by atoms with Gasteiger partial charge in [-0.05, 0) is 53.4 Å². The van der Waals surface area contributed by atoms with E-state index in [1.54, 1.807) is 36.4 Å². The monoisotopic (exact) mass is 455 g/mol. The van der Waals surface area contributed by atoms with Crippen LogP contribution in [0.15, 0.2) is 88.1 Å². The highest BCUT2D eigenvalue weighted by Gasteiger charge is 2.12. The average Bonchev–Trinajstić information content (AvgIpc) is 2.82. The molecule has 0 saturated heterocycles. The molecule has 0 aliphatic carbocycles. The number of fused-ring (bicyclic) bond motifs is 1. The Morgan fingerprint density at radius 3 is 2.38 bits per heavy atom. The topological polar surface area (TPSA) is 85.6 Å². The van der Waals surface area contributed by atoms with E-state index in [4.69, 9.17) is 9.15 Å². The molecule has 1 amide bonds. The van der Waals surface area contributed by atoms with Crippen molar-refractivity contribution >= 4 is 28.3 Å². The molecule has 0 fully saturated rings. The number of anilines is 1. The van der Waals surface area contributed by atoms with Gasteiger partial charge in [0.2, 0.25) is 5.91 Å². The van der Waals surface area contributed by atoms with Gasteiger partial charge in [0.1, 0.15) is 11.3 Å². The number of carbonyl (C=O) groups is 2. The highest BCUT2D eigenvalue weighted by molar-refractivity contribution is 5.98. The van der Waals surface area contributed by atoms with Gasteiger partial charge in [0, 0.05) is 35.2 Å². The van der Waals surface area contributed by atoms with Gasteiger partial charge in [0.25, 0.3) is 0 Å². The first-order valence-electron chi connectivity index (χ1n) is 11.1. The van der Waals surface area contributed by atoms with E-state index in [2.05, 4.69) is 5.32 Å². The molecule has 0 radical (unpaired) electrons. The Labute approximate surface area is 197 Å². The van der Waals surface area contributed by atoms with Gasteiger partial charge in [-0.3, -0.25) is 9.59 Å². The number of hydrogen-bond acceptors (Lipinski definition) is 5. The maximum Gasteiger partial charge on any atom is 0.336 e. The molecular formula is C28H25NO5. The van der Waals surface area contributed by atoms with Gasteiger partial charge in [0.05, 0.1) is 0 Å². The molecule has 34 heavy (non-hydrogen) atoms. The van der Waals surface area contributed by atoms with E-state index in [9.17, 15) is 14.4 Å². The van der Waals surface area contributed by atoms with Crippen LogP contribution in [-0.2, 0) is 4.79 Å². The number of rotatable bonds is 8. The third-order valence-electron chi connectivity index (χ3n) is 5.25. The van der Waals surface area contributed by atoms with E-state index in [1.165, 1.54) is 6.07 Å². The highest BCUT2D eigenvalue weighted by atomic mass is 16.5. The number of ketones is 1. The minimum Gasteiger partial charge on any atom is -0.485 e. The Morgan fingerprint density at radius 1 is 0.941 bits per heavy atom. The van der Waals surface area contributed by atoms with E-state index < -0.39 is 5.63 Å². The van der Waals surface area contributed by atoms with Crippen molar-refractivity contribution < 1.29 is 18.7 Å². The lowest BCUT2D eigenvalue weighted by Crippen LogP contribution is -2.14. The third-order valence-corrected chi connectivity index (χ3v) is 5.25. The molecule has 3 aromatic carbocycles. The Hall–Kier alpha value is -4.19. The van der Waals surface area contributed by atoms with Crippen molar-refractivity contribution in [2.24, 2.45) is 5.92 Å². The fraction of sp³-hybridized carbons (Fsp3) is 0.179. The summed E-state index contributed by atoms with van der Waals surface area (Å²) >= 11 is 0. The zero-order valence-electron chi connectivity index (χ0n) is 19.0. The molecule has 0 unspecified atom stereocenters. The summed E-state index contributed by atoms with van der Waals surface area (Å²) < 4.78 is 11.0. The van der Waals surface area contributed by atoms with Crippen molar-refractivity contribution in [3.8, 4) is 16.9 Å². The smallest absolute Gasteiger partial charge is 0.336 e. The van der Waals surface area contributed by atoms with Crippen LogP contribution in [0.25, 0.3) is 22.1 Å². The molecule has 0 aliphatic rings. The van der Waals surface area contributed by atoms with Gasteiger partial charge in [-0.15, -0.1) is 0 Å². The average molecular weight is 456 g/mol. The summed E-state index contributed by atoms with van der Waals surface area (Å²) in [4.78, 5) is 36.6. The van der Waals surface area contributed by atoms with Gasteiger partial charge in [-0.25, -0.2) is 4.79 Å². The SMILES string of the molecule is CC(C)CC(=O)Nc1ccc(C(=O)COc2ccc3c(-c4ccccc4)cc(=O)oc3c2)cc1. The molecule has 0 bridgehead atoms. The molecule has 1 N–H and O–H groups in total. The zero-order valence-corrected chi connectivity index (χ0v) is 19.0. The van der Waals surface area contributed by atoms with Crippen LogP contribution >= 0.6 is 0 Å². The Balaban J connectivity index is 1.45.